The Morgan fingerprint density at radius 1 is 1.26 bits per heavy atom. The largest absolute Gasteiger partial charge is 0.378 e. The van der Waals surface area contributed by atoms with Crippen LogP contribution in [0.3, 0.4) is 0 Å². The van der Waals surface area contributed by atoms with E-state index < -0.39 is 0 Å². The van der Waals surface area contributed by atoms with Gasteiger partial charge in [-0.25, -0.2) is 4.98 Å². The molecule has 1 saturated carbocycles. The van der Waals surface area contributed by atoms with Gasteiger partial charge in [-0.3, -0.25) is 4.90 Å². The molecule has 0 amide bonds. The number of thiophene rings is 1. The van der Waals surface area contributed by atoms with Gasteiger partial charge in [-0.2, -0.15) is 0 Å². The summed E-state index contributed by atoms with van der Waals surface area (Å²) in [5, 5.41) is 0. The molecule has 2 aromatic rings. The van der Waals surface area contributed by atoms with E-state index in [1.807, 2.05) is 18.3 Å². The van der Waals surface area contributed by atoms with Crippen molar-refractivity contribution in [2.45, 2.75) is 44.2 Å². The third kappa shape index (κ3) is 3.33. The van der Waals surface area contributed by atoms with Crippen molar-refractivity contribution < 1.29 is 4.74 Å². The number of rotatable bonds is 3. The maximum Gasteiger partial charge on any atom is 0.126 e. The molecule has 0 spiro atoms. The smallest absolute Gasteiger partial charge is 0.126 e. The predicted molar refractivity (Wildman–Crippen MR) is 94.0 cm³/mol. The number of hydrogen-bond donors (Lipinski definition) is 1. The molecule has 2 aromatic heterocycles. The summed E-state index contributed by atoms with van der Waals surface area (Å²) >= 11 is 7.63. The molecule has 0 bridgehead atoms. The Bertz CT molecular complexity index is 650. The van der Waals surface area contributed by atoms with E-state index >= 15 is 0 Å². The van der Waals surface area contributed by atoms with Gasteiger partial charge < -0.3 is 9.72 Å². The number of ether oxygens (including phenoxy) is 1. The van der Waals surface area contributed by atoms with Gasteiger partial charge in [0.2, 0.25) is 0 Å². The molecule has 4 rings (SSSR count). The van der Waals surface area contributed by atoms with Crippen molar-refractivity contribution in [1.82, 2.24) is 14.9 Å². The van der Waals surface area contributed by atoms with Gasteiger partial charge in [0.05, 0.1) is 40.4 Å². The zero-order valence-electron chi connectivity index (χ0n) is 13.1. The number of aromatic nitrogens is 2. The van der Waals surface area contributed by atoms with Gasteiger partial charge in [0.25, 0.3) is 0 Å². The third-order valence-corrected chi connectivity index (χ3v) is 6.23. The highest BCUT2D eigenvalue weighted by Crippen LogP contribution is 2.34. The molecule has 0 unspecified atom stereocenters. The summed E-state index contributed by atoms with van der Waals surface area (Å²) < 4.78 is 6.56. The number of morpholine rings is 1. The van der Waals surface area contributed by atoms with E-state index in [9.17, 15) is 0 Å². The Kier molecular flexibility index (Phi) is 4.71. The normalized spacial score (nSPS) is 24.1. The van der Waals surface area contributed by atoms with Crippen LogP contribution >= 0.6 is 22.9 Å². The number of hydrogen-bond acceptors (Lipinski definition) is 4. The van der Waals surface area contributed by atoms with Gasteiger partial charge >= 0.3 is 0 Å². The molecule has 0 aromatic carbocycles. The van der Waals surface area contributed by atoms with E-state index in [2.05, 4.69) is 14.9 Å². The first-order valence-electron chi connectivity index (χ1n) is 8.45. The number of imidazole rings is 1. The van der Waals surface area contributed by atoms with E-state index in [4.69, 9.17) is 16.3 Å². The first-order valence-corrected chi connectivity index (χ1v) is 9.65. The van der Waals surface area contributed by atoms with Crippen LogP contribution in [0.5, 0.6) is 0 Å². The van der Waals surface area contributed by atoms with Crippen LogP contribution in [0, 0.1) is 0 Å². The van der Waals surface area contributed by atoms with Gasteiger partial charge in [-0.15, -0.1) is 11.3 Å². The summed E-state index contributed by atoms with van der Waals surface area (Å²) in [6.07, 6.45) is 8.63. The molecular weight excluding hydrogens is 330 g/mol. The van der Waals surface area contributed by atoms with Crippen LogP contribution in [0.15, 0.2) is 18.3 Å². The van der Waals surface area contributed by atoms with Crippen molar-refractivity contribution in [2.75, 3.05) is 19.8 Å². The number of nitrogens with one attached hydrogen (secondary N) is 1. The van der Waals surface area contributed by atoms with E-state index in [0.29, 0.717) is 6.04 Å². The first kappa shape index (κ1) is 15.6. The van der Waals surface area contributed by atoms with Crippen LogP contribution in [0.25, 0.3) is 10.6 Å². The quantitative estimate of drug-likeness (QED) is 0.885. The Morgan fingerprint density at radius 2 is 2.13 bits per heavy atom. The van der Waals surface area contributed by atoms with Gasteiger partial charge in [0.15, 0.2) is 0 Å². The fourth-order valence-electron chi connectivity index (χ4n) is 3.79. The SMILES string of the molecule is Clc1ccc(-c2cnc([C@@H]3COCCN3C3CCCCC3)[nH]2)s1. The Hall–Kier alpha value is -0.880. The predicted octanol–water partition coefficient (Wildman–Crippen LogP) is 4.50. The van der Waals surface area contributed by atoms with Gasteiger partial charge in [-0.1, -0.05) is 30.9 Å². The first-order chi connectivity index (χ1) is 11.3. The average Bonchev–Trinajstić information content (AvgIpc) is 3.24. The number of aromatic amines is 1. The van der Waals surface area contributed by atoms with E-state index in [0.717, 1.165) is 40.5 Å². The van der Waals surface area contributed by atoms with Crippen LogP contribution in [0.4, 0.5) is 0 Å². The second kappa shape index (κ2) is 6.93. The zero-order chi connectivity index (χ0) is 15.6. The summed E-state index contributed by atoms with van der Waals surface area (Å²) in [5.41, 5.74) is 1.05. The number of H-pyrrole nitrogens is 1. The molecule has 0 radical (unpaired) electrons. The van der Waals surface area contributed by atoms with E-state index in [1.165, 1.54) is 32.1 Å². The van der Waals surface area contributed by atoms with Crippen molar-refractivity contribution in [1.29, 1.82) is 0 Å². The second-order valence-electron chi connectivity index (χ2n) is 6.41. The molecule has 6 heteroatoms. The summed E-state index contributed by atoms with van der Waals surface area (Å²) in [7, 11) is 0. The van der Waals surface area contributed by atoms with E-state index in [-0.39, 0.29) is 6.04 Å². The van der Waals surface area contributed by atoms with Crippen molar-refractivity contribution >= 4 is 22.9 Å². The fraction of sp³-hybridized carbons (Fsp3) is 0.588. The minimum Gasteiger partial charge on any atom is -0.378 e. The molecule has 2 fully saturated rings. The van der Waals surface area contributed by atoms with Crippen molar-refractivity contribution in [3.63, 3.8) is 0 Å². The summed E-state index contributed by atoms with van der Waals surface area (Å²) in [4.78, 5) is 11.9. The van der Waals surface area contributed by atoms with Crippen LogP contribution in [0.1, 0.15) is 44.0 Å². The minimum atomic E-state index is 0.246. The van der Waals surface area contributed by atoms with E-state index in [1.54, 1.807) is 11.3 Å². The molecule has 23 heavy (non-hydrogen) atoms. The Labute approximate surface area is 145 Å². The molecule has 2 aliphatic rings. The minimum absolute atomic E-state index is 0.246. The summed E-state index contributed by atoms with van der Waals surface area (Å²) in [5.74, 6) is 1.02. The summed E-state index contributed by atoms with van der Waals surface area (Å²) in [6, 6.07) is 4.90. The number of halogens is 1. The summed E-state index contributed by atoms with van der Waals surface area (Å²) in [6.45, 7) is 2.58. The number of nitrogens with zero attached hydrogens (tertiary/aromatic N) is 2. The lowest BCUT2D eigenvalue weighted by Gasteiger charge is -2.41. The third-order valence-electron chi connectivity index (χ3n) is 4.96. The molecule has 1 aliphatic carbocycles. The second-order valence-corrected chi connectivity index (χ2v) is 8.12. The lowest BCUT2D eigenvalue weighted by molar-refractivity contribution is -0.0400. The highest BCUT2D eigenvalue weighted by molar-refractivity contribution is 7.19. The molecule has 4 nitrogen and oxygen atoms in total. The molecule has 1 aliphatic heterocycles. The maximum absolute atomic E-state index is 6.05. The Morgan fingerprint density at radius 3 is 2.91 bits per heavy atom. The fourth-order valence-corrected chi connectivity index (χ4v) is 4.80. The van der Waals surface area contributed by atoms with Crippen LogP contribution < -0.4 is 0 Å². The van der Waals surface area contributed by atoms with Crippen molar-refractivity contribution in [2.24, 2.45) is 0 Å². The van der Waals surface area contributed by atoms with Crippen molar-refractivity contribution in [3.8, 4) is 10.6 Å². The lowest BCUT2D eigenvalue weighted by Crippen LogP contribution is -2.46. The maximum atomic E-state index is 6.05. The highest BCUT2D eigenvalue weighted by atomic mass is 35.5. The van der Waals surface area contributed by atoms with Crippen LogP contribution in [0.2, 0.25) is 4.34 Å². The molecule has 1 N–H and O–H groups in total. The standard InChI is InChI=1S/C17H22ClN3OS/c18-16-7-6-15(23-16)13-10-19-17(20-13)14-11-22-9-8-21(14)12-4-2-1-3-5-12/h6-7,10,12,14H,1-5,8-9,11H2,(H,19,20)/t14-/m0/s1. The average molecular weight is 352 g/mol. The molecule has 3 heterocycles. The highest BCUT2D eigenvalue weighted by Gasteiger charge is 2.33. The molecular formula is C17H22ClN3OS. The van der Waals surface area contributed by atoms with Crippen molar-refractivity contribution in [3.05, 3.63) is 28.5 Å². The van der Waals surface area contributed by atoms with Crippen LogP contribution in [-0.4, -0.2) is 40.7 Å². The van der Waals surface area contributed by atoms with Gasteiger partial charge in [0, 0.05) is 12.6 Å². The Balaban J connectivity index is 1.56. The monoisotopic (exact) mass is 351 g/mol. The molecule has 1 atom stereocenters. The van der Waals surface area contributed by atoms with Gasteiger partial charge in [-0.05, 0) is 25.0 Å². The lowest BCUT2D eigenvalue weighted by atomic mass is 9.93. The molecule has 1 saturated heterocycles. The topological polar surface area (TPSA) is 41.1 Å². The van der Waals surface area contributed by atoms with Gasteiger partial charge in [0.1, 0.15) is 5.82 Å². The molecule has 124 valence electrons. The zero-order valence-corrected chi connectivity index (χ0v) is 14.7. The van der Waals surface area contributed by atoms with Crippen LogP contribution in [-0.2, 0) is 4.74 Å².